The summed E-state index contributed by atoms with van der Waals surface area (Å²) in [5, 5.41) is 0. The van der Waals surface area contributed by atoms with Crippen molar-refractivity contribution in [3.8, 4) is 11.5 Å². The monoisotopic (exact) mass is 373 g/mol. The first-order chi connectivity index (χ1) is 13.1. The average molecular weight is 373 g/mol. The molecule has 0 radical (unpaired) electrons. The summed E-state index contributed by atoms with van der Waals surface area (Å²) in [5.41, 5.74) is 0.405. The van der Waals surface area contributed by atoms with E-state index in [2.05, 4.69) is 0 Å². The molecule has 27 heavy (non-hydrogen) atoms. The maximum absolute atomic E-state index is 12.3. The van der Waals surface area contributed by atoms with Crippen LogP contribution in [0.1, 0.15) is 42.5 Å². The van der Waals surface area contributed by atoms with E-state index in [1.165, 1.54) is 0 Å². The molecular formula is C20H23NO6. The molecule has 0 bridgehead atoms. The highest BCUT2D eigenvalue weighted by atomic mass is 16.6. The second kappa shape index (κ2) is 7.58. The highest BCUT2D eigenvalue weighted by Crippen LogP contribution is 2.31. The van der Waals surface area contributed by atoms with Crippen molar-refractivity contribution in [1.82, 2.24) is 4.90 Å². The van der Waals surface area contributed by atoms with Crippen LogP contribution in [0.2, 0.25) is 0 Å². The SMILES string of the molecule is O=C(COC(=O)[C@@H]1CC(=O)N(C2CCCC2)C1)c1ccc2c(c1)OCCO2. The third kappa shape index (κ3) is 3.77. The second-order valence-electron chi connectivity index (χ2n) is 7.27. The van der Waals surface area contributed by atoms with Crippen LogP contribution in [0.25, 0.3) is 0 Å². The number of likely N-dealkylation sites (tertiary alicyclic amines) is 1. The van der Waals surface area contributed by atoms with E-state index in [0.29, 0.717) is 36.8 Å². The van der Waals surface area contributed by atoms with Crippen LogP contribution in [-0.2, 0) is 14.3 Å². The molecule has 0 unspecified atom stereocenters. The largest absolute Gasteiger partial charge is 0.486 e. The van der Waals surface area contributed by atoms with E-state index in [1.807, 2.05) is 4.90 Å². The quantitative estimate of drug-likeness (QED) is 0.580. The molecule has 2 heterocycles. The molecule has 2 aliphatic heterocycles. The van der Waals surface area contributed by atoms with Crippen molar-refractivity contribution in [3.63, 3.8) is 0 Å². The van der Waals surface area contributed by atoms with Crippen molar-refractivity contribution < 1.29 is 28.6 Å². The summed E-state index contributed by atoms with van der Waals surface area (Å²) in [6.45, 7) is 0.982. The minimum absolute atomic E-state index is 0.0158. The van der Waals surface area contributed by atoms with Crippen molar-refractivity contribution in [2.24, 2.45) is 5.92 Å². The van der Waals surface area contributed by atoms with E-state index < -0.39 is 11.9 Å². The van der Waals surface area contributed by atoms with Crippen LogP contribution in [0, 0.1) is 5.92 Å². The Bertz CT molecular complexity index is 755. The summed E-state index contributed by atoms with van der Waals surface area (Å²) in [6, 6.07) is 5.17. The maximum atomic E-state index is 12.3. The highest BCUT2D eigenvalue weighted by molar-refractivity contribution is 5.99. The van der Waals surface area contributed by atoms with Crippen LogP contribution in [0.5, 0.6) is 11.5 Å². The molecule has 0 N–H and O–H groups in total. The zero-order valence-corrected chi connectivity index (χ0v) is 15.1. The lowest BCUT2D eigenvalue weighted by atomic mass is 10.1. The first-order valence-electron chi connectivity index (χ1n) is 9.51. The molecule has 3 aliphatic rings. The van der Waals surface area contributed by atoms with Gasteiger partial charge >= 0.3 is 5.97 Å². The molecule has 1 aromatic rings. The molecule has 7 nitrogen and oxygen atoms in total. The van der Waals surface area contributed by atoms with Crippen LogP contribution in [0.15, 0.2) is 18.2 Å². The van der Waals surface area contributed by atoms with Gasteiger partial charge in [0.1, 0.15) is 13.2 Å². The zero-order valence-electron chi connectivity index (χ0n) is 15.1. The van der Waals surface area contributed by atoms with E-state index in [0.717, 1.165) is 25.7 Å². The van der Waals surface area contributed by atoms with Crippen molar-refractivity contribution >= 4 is 17.7 Å². The van der Waals surface area contributed by atoms with Gasteiger partial charge in [0.25, 0.3) is 0 Å². The lowest BCUT2D eigenvalue weighted by Gasteiger charge is -2.23. The molecule has 1 atom stereocenters. The molecule has 1 aliphatic carbocycles. The van der Waals surface area contributed by atoms with E-state index >= 15 is 0 Å². The van der Waals surface area contributed by atoms with Crippen LogP contribution < -0.4 is 9.47 Å². The van der Waals surface area contributed by atoms with E-state index in [4.69, 9.17) is 14.2 Å². The van der Waals surface area contributed by atoms with E-state index in [-0.39, 0.29) is 30.8 Å². The summed E-state index contributed by atoms with van der Waals surface area (Å²) >= 11 is 0. The molecule has 7 heteroatoms. The maximum Gasteiger partial charge on any atom is 0.311 e. The second-order valence-corrected chi connectivity index (χ2v) is 7.27. The first kappa shape index (κ1) is 17.8. The summed E-state index contributed by atoms with van der Waals surface area (Å²) in [6.07, 6.45) is 4.46. The van der Waals surface area contributed by atoms with E-state index in [1.54, 1.807) is 18.2 Å². The van der Waals surface area contributed by atoms with E-state index in [9.17, 15) is 14.4 Å². The van der Waals surface area contributed by atoms with Crippen LogP contribution >= 0.6 is 0 Å². The minimum atomic E-state index is -0.480. The van der Waals surface area contributed by atoms with Crippen LogP contribution in [0.4, 0.5) is 0 Å². The fourth-order valence-electron chi connectivity index (χ4n) is 4.01. The van der Waals surface area contributed by atoms with Gasteiger partial charge in [0, 0.05) is 24.6 Å². The highest BCUT2D eigenvalue weighted by Gasteiger charge is 2.39. The number of benzene rings is 1. The molecule has 1 aromatic carbocycles. The average Bonchev–Trinajstić information content (AvgIpc) is 3.35. The Morgan fingerprint density at radius 3 is 2.63 bits per heavy atom. The summed E-state index contributed by atoms with van der Waals surface area (Å²) in [4.78, 5) is 38.7. The number of carbonyl (C=O) groups excluding carboxylic acids is 3. The van der Waals surface area contributed by atoms with Crippen molar-refractivity contribution in [2.45, 2.75) is 38.1 Å². The lowest BCUT2D eigenvalue weighted by molar-refractivity contribution is -0.147. The number of hydrogen-bond donors (Lipinski definition) is 0. The lowest BCUT2D eigenvalue weighted by Crippen LogP contribution is -2.35. The third-order valence-corrected chi connectivity index (χ3v) is 5.47. The smallest absolute Gasteiger partial charge is 0.311 e. The standard InChI is InChI=1S/C20H23NO6/c22-16(13-5-6-17-18(9-13)26-8-7-25-17)12-27-20(24)14-10-19(23)21(11-14)15-3-1-2-4-15/h5-6,9,14-15H,1-4,7-8,10-12H2/t14-/m1/s1. The fourth-order valence-corrected chi connectivity index (χ4v) is 4.01. The minimum Gasteiger partial charge on any atom is -0.486 e. The number of hydrogen-bond acceptors (Lipinski definition) is 6. The van der Waals surface area contributed by atoms with Gasteiger partial charge in [0.15, 0.2) is 23.9 Å². The molecule has 1 saturated carbocycles. The number of ether oxygens (including phenoxy) is 3. The first-order valence-corrected chi connectivity index (χ1v) is 9.51. The molecule has 144 valence electrons. The number of carbonyl (C=O) groups is 3. The van der Waals surface area contributed by atoms with Gasteiger partial charge in [0.05, 0.1) is 5.92 Å². The predicted molar refractivity (Wildman–Crippen MR) is 94.8 cm³/mol. The topological polar surface area (TPSA) is 82.1 Å². The van der Waals surface area contributed by atoms with Gasteiger partial charge in [0.2, 0.25) is 5.91 Å². The number of Topliss-reactive ketones (excluding diaryl/α,β-unsaturated/α-hetero) is 1. The Labute approximate surface area is 157 Å². The Hall–Kier alpha value is -2.57. The Morgan fingerprint density at radius 1 is 1.11 bits per heavy atom. The molecular weight excluding hydrogens is 350 g/mol. The molecule has 1 saturated heterocycles. The molecule has 0 aromatic heterocycles. The molecule has 2 fully saturated rings. The van der Waals surface area contributed by atoms with Gasteiger partial charge in [-0.05, 0) is 31.0 Å². The van der Waals surface area contributed by atoms with Gasteiger partial charge in [-0.15, -0.1) is 0 Å². The number of rotatable bonds is 5. The van der Waals surface area contributed by atoms with Crippen molar-refractivity contribution in [3.05, 3.63) is 23.8 Å². The molecule has 0 spiro atoms. The van der Waals surface area contributed by atoms with Gasteiger partial charge in [-0.3, -0.25) is 14.4 Å². The third-order valence-electron chi connectivity index (χ3n) is 5.47. The number of nitrogens with zero attached hydrogens (tertiary/aromatic N) is 1. The number of fused-ring (bicyclic) bond motifs is 1. The zero-order chi connectivity index (χ0) is 18.8. The Morgan fingerprint density at radius 2 is 1.85 bits per heavy atom. The normalized spacial score (nSPS) is 22.1. The Kier molecular flexibility index (Phi) is 5.01. The number of ketones is 1. The van der Waals surface area contributed by atoms with Gasteiger partial charge in [-0.1, -0.05) is 12.8 Å². The van der Waals surface area contributed by atoms with Crippen molar-refractivity contribution in [2.75, 3.05) is 26.4 Å². The van der Waals surface area contributed by atoms with Crippen LogP contribution in [-0.4, -0.2) is 55.0 Å². The Balaban J connectivity index is 1.31. The summed E-state index contributed by atoms with van der Waals surface area (Å²) in [7, 11) is 0. The molecule has 4 rings (SSSR count). The van der Waals surface area contributed by atoms with Gasteiger partial charge in [-0.2, -0.15) is 0 Å². The number of esters is 1. The molecule has 1 amide bonds. The summed E-state index contributed by atoms with van der Waals surface area (Å²) < 4.78 is 16.1. The predicted octanol–water partition coefficient (Wildman–Crippen LogP) is 1.97. The number of amides is 1. The van der Waals surface area contributed by atoms with Gasteiger partial charge in [-0.25, -0.2) is 0 Å². The van der Waals surface area contributed by atoms with Crippen molar-refractivity contribution in [1.29, 1.82) is 0 Å². The van der Waals surface area contributed by atoms with Gasteiger partial charge < -0.3 is 19.1 Å². The van der Waals surface area contributed by atoms with Crippen LogP contribution in [0.3, 0.4) is 0 Å². The summed E-state index contributed by atoms with van der Waals surface area (Å²) in [5.74, 6) is -0.126. The fraction of sp³-hybridized carbons (Fsp3) is 0.550.